The van der Waals surface area contributed by atoms with Gasteiger partial charge >= 0.3 is 0 Å². The van der Waals surface area contributed by atoms with Crippen LogP contribution in [0.5, 0.6) is 11.5 Å². The van der Waals surface area contributed by atoms with Gasteiger partial charge in [0, 0.05) is 6.07 Å². The Labute approximate surface area is 67.7 Å². The number of rotatable bonds is 1. The first kappa shape index (κ1) is 6.90. The molecule has 0 spiro atoms. The maximum absolute atomic E-state index is 10.3. The summed E-state index contributed by atoms with van der Waals surface area (Å²) in [5.41, 5.74) is -0.112. The molecule has 61 valence electrons. The fraction of sp³-hybridized carbons (Fsp3) is 0.143. The molecule has 0 atom stereocenters. The van der Waals surface area contributed by atoms with Crippen molar-refractivity contribution in [1.82, 2.24) is 0 Å². The maximum atomic E-state index is 10.3. The zero-order valence-corrected chi connectivity index (χ0v) is 5.94. The van der Waals surface area contributed by atoms with Crippen LogP contribution >= 0.6 is 0 Å². The lowest BCUT2D eigenvalue weighted by atomic mass is 10.3. The standard InChI is InChI=1S/C7H4NO4/c9-8(10)5-1-2-6-7(3-5)12-4-11-6/h1-2H,4H2. The van der Waals surface area contributed by atoms with Gasteiger partial charge in [0.1, 0.15) is 6.07 Å². The lowest BCUT2D eigenvalue weighted by molar-refractivity contribution is -0.385. The number of nitro benzene ring substituents is 1. The molecule has 5 nitrogen and oxygen atoms in total. The molecule has 1 aliphatic heterocycles. The van der Waals surface area contributed by atoms with E-state index in [1.165, 1.54) is 12.1 Å². The summed E-state index contributed by atoms with van der Waals surface area (Å²) in [7, 11) is 0. The van der Waals surface area contributed by atoms with Gasteiger partial charge in [-0.2, -0.15) is 0 Å². The van der Waals surface area contributed by atoms with Gasteiger partial charge in [-0.3, -0.25) is 10.1 Å². The molecule has 0 fully saturated rings. The van der Waals surface area contributed by atoms with E-state index >= 15 is 0 Å². The van der Waals surface area contributed by atoms with Gasteiger partial charge in [0.15, 0.2) is 11.5 Å². The normalized spacial score (nSPS) is 13.0. The number of nitro groups is 1. The van der Waals surface area contributed by atoms with E-state index in [2.05, 4.69) is 6.07 Å². The number of fused-ring (bicyclic) bond motifs is 1. The number of benzene rings is 1. The quantitative estimate of drug-likeness (QED) is 0.463. The van der Waals surface area contributed by atoms with Gasteiger partial charge < -0.3 is 9.47 Å². The van der Waals surface area contributed by atoms with E-state index in [1.54, 1.807) is 0 Å². The highest BCUT2D eigenvalue weighted by Gasteiger charge is 2.17. The molecule has 0 saturated carbocycles. The van der Waals surface area contributed by atoms with Gasteiger partial charge in [0.2, 0.25) is 6.79 Å². The van der Waals surface area contributed by atoms with Gasteiger partial charge in [-0.15, -0.1) is 0 Å². The Balaban J connectivity index is 2.45. The summed E-state index contributed by atoms with van der Waals surface area (Å²) in [6.45, 7) is 0.104. The van der Waals surface area contributed by atoms with Crippen molar-refractivity contribution >= 4 is 5.69 Å². The Bertz CT molecular complexity index is 336. The van der Waals surface area contributed by atoms with E-state index in [9.17, 15) is 10.1 Å². The second kappa shape index (κ2) is 2.37. The molecule has 0 N–H and O–H groups in total. The SMILES string of the molecule is O=[N+]([O-])c1[c]c2c(cc1)OCO2. The number of non-ortho nitro benzene ring substituents is 1. The first-order valence-corrected chi connectivity index (χ1v) is 3.24. The zero-order valence-electron chi connectivity index (χ0n) is 5.94. The van der Waals surface area contributed by atoms with Crippen LogP contribution in [0.15, 0.2) is 12.1 Å². The van der Waals surface area contributed by atoms with Gasteiger partial charge in [-0.25, -0.2) is 0 Å². The van der Waals surface area contributed by atoms with Crippen molar-refractivity contribution in [3.05, 3.63) is 28.3 Å². The predicted molar refractivity (Wildman–Crippen MR) is 38.1 cm³/mol. The van der Waals surface area contributed by atoms with Gasteiger partial charge in [0.05, 0.1) is 4.92 Å². The number of hydrogen-bond acceptors (Lipinski definition) is 4. The van der Waals surface area contributed by atoms with Crippen LogP contribution in [0.25, 0.3) is 0 Å². The molecule has 0 amide bonds. The minimum atomic E-state index is -0.526. The van der Waals surface area contributed by atoms with E-state index in [4.69, 9.17) is 9.47 Å². The van der Waals surface area contributed by atoms with Crippen LogP contribution in [0.1, 0.15) is 0 Å². The highest BCUT2D eigenvalue weighted by atomic mass is 16.7. The highest BCUT2D eigenvalue weighted by Crippen LogP contribution is 2.33. The maximum Gasteiger partial charge on any atom is 0.281 e. The lowest BCUT2D eigenvalue weighted by Crippen LogP contribution is -1.93. The Kier molecular flexibility index (Phi) is 1.36. The molecule has 0 aliphatic carbocycles. The van der Waals surface area contributed by atoms with Crippen LogP contribution in [0.2, 0.25) is 0 Å². The summed E-state index contributed by atoms with van der Waals surface area (Å²) < 4.78 is 9.86. The first-order chi connectivity index (χ1) is 5.77. The molecule has 0 unspecified atom stereocenters. The average Bonchev–Trinajstić information content (AvgIpc) is 2.49. The van der Waals surface area contributed by atoms with Crippen LogP contribution in [0.4, 0.5) is 5.69 Å². The molecule has 2 rings (SSSR count). The molecule has 0 bridgehead atoms. The first-order valence-electron chi connectivity index (χ1n) is 3.24. The summed E-state index contributed by atoms with van der Waals surface area (Å²) >= 11 is 0. The lowest BCUT2D eigenvalue weighted by Gasteiger charge is -1.93. The molecule has 0 saturated heterocycles. The Hall–Kier alpha value is -1.78. The Morgan fingerprint density at radius 3 is 3.08 bits per heavy atom. The summed E-state index contributed by atoms with van der Waals surface area (Å²) in [5.74, 6) is 0.810. The van der Waals surface area contributed by atoms with E-state index in [0.717, 1.165) is 0 Å². The van der Waals surface area contributed by atoms with Gasteiger partial charge in [0.25, 0.3) is 5.69 Å². The molecular formula is C7H4NO4. The zero-order chi connectivity index (χ0) is 8.55. The third kappa shape index (κ3) is 0.952. The highest BCUT2D eigenvalue weighted by molar-refractivity contribution is 5.48. The van der Waals surface area contributed by atoms with Crippen molar-refractivity contribution in [1.29, 1.82) is 0 Å². The third-order valence-corrected chi connectivity index (χ3v) is 1.47. The van der Waals surface area contributed by atoms with Crippen molar-refractivity contribution in [2.75, 3.05) is 6.79 Å². The molecule has 1 aromatic rings. The van der Waals surface area contributed by atoms with Crippen molar-refractivity contribution in [3.63, 3.8) is 0 Å². The largest absolute Gasteiger partial charge is 0.454 e. The van der Waals surface area contributed by atoms with Gasteiger partial charge in [-0.1, -0.05) is 0 Å². The second-order valence-electron chi connectivity index (χ2n) is 2.20. The van der Waals surface area contributed by atoms with Crippen LogP contribution in [-0.4, -0.2) is 11.7 Å². The molecule has 12 heavy (non-hydrogen) atoms. The van der Waals surface area contributed by atoms with E-state index in [-0.39, 0.29) is 12.5 Å². The second-order valence-corrected chi connectivity index (χ2v) is 2.20. The molecule has 1 heterocycles. The number of hydrogen-bond donors (Lipinski definition) is 0. The van der Waals surface area contributed by atoms with Crippen LogP contribution in [0, 0.1) is 16.2 Å². The molecule has 5 heteroatoms. The summed E-state index contributed by atoms with van der Waals surface area (Å²) in [4.78, 5) is 9.75. The minimum Gasteiger partial charge on any atom is -0.454 e. The van der Waals surface area contributed by atoms with Crippen LogP contribution < -0.4 is 9.47 Å². The van der Waals surface area contributed by atoms with E-state index in [0.29, 0.717) is 11.5 Å². The van der Waals surface area contributed by atoms with Gasteiger partial charge in [-0.05, 0) is 6.07 Å². The summed E-state index contributed by atoms with van der Waals surface area (Å²) in [6, 6.07) is 5.30. The number of ether oxygens (including phenoxy) is 2. The van der Waals surface area contributed by atoms with Crippen LogP contribution in [-0.2, 0) is 0 Å². The molecule has 1 radical (unpaired) electrons. The Morgan fingerprint density at radius 2 is 2.33 bits per heavy atom. The van der Waals surface area contributed by atoms with Crippen LogP contribution in [0.3, 0.4) is 0 Å². The van der Waals surface area contributed by atoms with Crippen molar-refractivity contribution in [3.8, 4) is 11.5 Å². The van der Waals surface area contributed by atoms with Crippen molar-refractivity contribution < 1.29 is 14.4 Å². The Morgan fingerprint density at radius 1 is 1.50 bits per heavy atom. The summed E-state index contributed by atoms with van der Waals surface area (Å²) in [5, 5.41) is 10.3. The smallest absolute Gasteiger partial charge is 0.281 e. The fourth-order valence-electron chi connectivity index (χ4n) is 0.929. The average molecular weight is 166 g/mol. The van der Waals surface area contributed by atoms with Crippen molar-refractivity contribution in [2.24, 2.45) is 0 Å². The molecule has 1 aromatic carbocycles. The van der Waals surface area contributed by atoms with E-state index < -0.39 is 4.92 Å². The topological polar surface area (TPSA) is 61.6 Å². The fourth-order valence-corrected chi connectivity index (χ4v) is 0.929. The molecule has 1 aliphatic rings. The van der Waals surface area contributed by atoms with E-state index in [1.807, 2.05) is 0 Å². The summed E-state index contributed by atoms with van der Waals surface area (Å²) in [6.07, 6.45) is 0. The third-order valence-electron chi connectivity index (χ3n) is 1.47. The number of nitrogens with zero attached hydrogens (tertiary/aromatic N) is 1. The minimum absolute atomic E-state index is 0.104. The molecular weight excluding hydrogens is 162 g/mol. The monoisotopic (exact) mass is 166 g/mol. The van der Waals surface area contributed by atoms with Crippen molar-refractivity contribution in [2.45, 2.75) is 0 Å². The predicted octanol–water partition coefficient (Wildman–Crippen LogP) is 1.12. The molecule has 0 aromatic heterocycles.